The van der Waals surface area contributed by atoms with Gasteiger partial charge in [0, 0.05) is 19.1 Å². The SMILES string of the molecule is CCC1CCCN1C(=O)C(CN)Cc1ccccc1. The molecular formula is C16H24N2O. The van der Waals surface area contributed by atoms with Gasteiger partial charge in [-0.1, -0.05) is 37.3 Å². The van der Waals surface area contributed by atoms with Gasteiger partial charge in [-0.25, -0.2) is 0 Å². The van der Waals surface area contributed by atoms with Crippen molar-refractivity contribution in [3.05, 3.63) is 35.9 Å². The molecule has 2 unspecified atom stereocenters. The van der Waals surface area contributed by atoms with E-state index in [4.69, 9.17) is 5.73 Å². The minimum atomic E-state index is -0.0745. The summed E-state index contributed by atoms with van der Waals surface area (Å²) in [6.45, 7) is 3.49. The number of likely N-dealkylation sites (tertiary alicyclic amines) is 1. The van der Waals surface area contributed by atoms with E-state index >= 15 is 0 Å². The predicted molar refractivity (Wildman–Crippen MR) is 77.7 cm³/mol. The number of amides is 1. The molecule has 3 nitrogen and oxygen atoms in total. The van der Waals surface area contributed by atoms with Crippen LogP contribution in [0.3, 0.4) is 0 Å². The summed E-state index contributed by atoms with van der Waals surface area (Å²) in [7, 11) is 0. The van der Waals surface area contributed by atoms with Crippen molar-refractivity contribution in [2.75, 3.05) is 13.1 Å². The molecule has 1 amide bonds. The molecule has 0 spiro atoms. The van der Waals surface area contributed by atoms with Gasteiger partial charge in [0.25, 0.3) is 0 Å². The minimum absolute atomic E-state index is 0.0745. The molecule has 19 heavy (non-hydrogen) atoms. The van der Waals surface area contributed by atoms with Crippen LogP contribution < -0.4 is 5.73 Å². The fraction of sp³-hybridized carbons (Fsp3) is 0.562. The van der Waals surface area contributed by atoms with Crippen LogP contribution in [-0.4, -0.2) is 29.9 Å². The Hall–Kier alpha value is -1.35. The zero-order valence-electron chi connectivity index (χ0n) is 11.7. The Morgan fingerprint density at radius 3 is 2.79 bits per heavy atom. The van der Waals surface area contributed by atoms with Crippen molar-refractivity contribution in [2.45, 2.75) is 38.6 Å². The summed E-state index contributed by atoms with van der Waals surface area (Å²) in [4.78, 5) is 14.7. The third-order valence-corrected chi connectivity index (χ3v) is 4.09. The van der Waals surface area contributed by atoms with Crippen molar-refractivity contribution in [3.8, 4) is 0 Å². The number of benzene rings is 1. The molecule has 1 aromatic rings. The lowest BCUT2D eigenvalue weighted by Gasteiger charge is -2.28. The Bertz CT molecular complexity index is 404. The quantitative estimate of drug-likeness (QED) is 0.882. The molecule has 0 saturated carbocycles. The summed E-state index contributed by atoms with van der Waals surface area (Å²) in [5.74, 6) is 0.172. The highest BCUT2D eigenvalue weighted by molar-refractivity contribution is 5.80. The summed E-state index contributed by atoms with van der Waals surface area (Å²) >= 11 is 0. The standard InChI is InChI=1S/C16H24N2O/c1-2-15-9-6-10-18(15)16(19)14(12-17)11-13-7-4-3-5-8-13/h3-5,7-8,14-15H,2,6,9-12,17H2,1H3. The summed E-state index contributed by atoms with van der Waals surface area (Å²) < 4.78 is 0. The summed E-state index contributed by atoms with van der Waals surface area (Å²) in [5, 5.41) is 0. The van der Waals surface area contributed by atoms with Gasteiger partial charge in [-0.2, -0.15) is 0 Å². The molecular weight excluding hydrogens is 236 g/mol. The lowest BCUT2D eigenvalue weighted by atomic mass is 9.97. The molecule has 1 aliphatic heterocycles. The molecule has 1 aromatic carbocycles. The van der Waals surface area contributed by atoms with E-state index in [0.717, 1.165) is 32.2 Å². The van der Waals surface area contributed by atoms with Crippen molar-refractivity contribution in [3.63, 3.8) is 0 Å². The molecule has 2 rings (SSSR count). The maximum atomic E-state index is 12.6. The van der Waals surface area contributed by atoms with Gasteiger partial charge in [0.2, 0.25) is 5.91 Å². The van der Waals surface area contributed by atoms with E-state index in [1.54, 1.807) is 0 Å². The topological polar surface area (TPSA) is 46.3 Å². The average Bonchev–Trinajstić information content (AvgIpc) is 2.93. The van der Waals surface area contributed by atoms with Crippen molar-refractivity contribution in [2.24, 2.45) is 11.7 Å². The Kier molecular flexibility index (Phi) is 4.97. The fourth-order valence-electron chi connectivity index (χ4n) is 2.95. The second-order valence-corrected chi connectivity index (χ2v) is 5.36. The van der Waals surface area contributed by atoms with Gasteiger partial charge in [-0.15, -0.1) is 0 Å². The summed E-state index contributed by atoms with van der Waals surface area (Å²) in [6, 6.07) is 10.6. The molecule has 0 aliphatic carbocycles. The molecule has 1 heterocycles. The molecule has 2 atom stereocenters. The molecule has 104 valence electrons. The first-order valence-corrected chi connectivity index (χ1v) is 7.30. The van der Waals surface area contributed by atoms with E-state index < -0.39 is 0 Å². The second kappa shape index (κ2) is 6.71. The first-order chi connectivity index (χ1) is 9.26. The monoisotopic (exact) mass is 260 g/mol. The molecule has 1 fully saturated rings. The number of carbonyl (C=O) groups excluding carboxylic acids is 1. The van der Waals surface area contributed by atoms with Crippen LogP contribution >= 0.6 is 0 Å². The maximum absolute atomic E-state index is 12.6. The van der Waals surface area contributed by atoms with Gasteiger partial charge >= 0.3 is 0 Å². The first kappa shape index (κ1) is 14.1. The Morgan fingerprint density at radius 1 is 1.42 bits per heavy atom. The molecule has 1 saturated heterocycles. The highest BCUT2D eigenvalue weighted by Gasteiger charge is 2.31. The zero-order chi connectivity index (χ0) is 13.7. The molecule has 0 bridgehead atoms. The lowest BCUT2D eigenvalue weighted by molar-refractivity contribution is -0.136. The molecule has 1 aliphatic rings. The van der Waals surface area contributed by atoms with Crippen LogP contribution in [0.2, 0.25) is 0 Å². The van der Waals surface area contributed by atoms with Crippen LogP contribution in [0, 0.1) is 5.92 Å². The highest BCUT2D eigenvalue weighted by atomic mass is 16.2. The van der Waals surface area contributed by atoms with Crippen LogP contribution in [0.4, 0.5) is 0 Å². The molecule has 3 heteroatoms. The Labute approximate surface area is 115 Å². The molecule has 2 N–H and O–H groups in total. The van der Waals surface area contributed by atoms with Gasteiger partial charge in [0.1, 0.15) is 0 Å². The second-order valence-electron chi connectivity index (χ2n) is 5.36. The average molecular weight is 260 g/mol. The van der Waals surface area contributed by atoms with Crippen LogP contribution in [0.1, 0.15) is 31.7 Å². The van der Waals surface area contributed by atoms with Crippen LogP contribution in [0.25, 0.3) is 0 Å². The van der Waals surface area contributed by atoms with Crippen LogP contribution in [0.15, 0.2) is 30.3 Å². The van der Waals surface area contributed by atoms with E-state index in [2.05, 4.69) is 24.0 Å². The summed E-state index contributed by atoms with van der Waals surface area (Å²) in [6.07, 6.45) is 4.08. The number of hydrogen-bond donors (Lipinski definition) is 1. The Balaban J connectivity index is 2.03. The van der Waals surface area contributed by atoms with E-state index in [9.17, 15) is 4.79 Å². The van der Waals surface area contributed by atoms with Crippen molar-refractivity contribution in [1.82, 2.24) is 4.90 Å². The maximum Gasteiger partial charge on any atom is 0.227 e. The number of rotatable bonds is 5. The first-order valence-electron chi connectivity index (χ1n) is 7.30. The van der Waals surface area contributed by atoms with Gasteiger partial charge < -0.3 is 10.6 Å². The van der Waals surface area contributed by atoms with E-state index in [-0.39, 0.29) is 11.8 Å². The van der Waals surface area contributed by atoms with Gasteiger partial charge in [0.05, 0.1) is 5.92 Å². The number of nitrogens with two attached hydrogens (primary N) is 1. The fourth-order valence-corrected chi connectivity index (χ4v) is 2.95. The zero-order valence-corrected chi connectivity index (χ0v) is 11.7. The van der Waals surface area contributed by atoms with E-state index in [1.165, 1.54) is 5.56 Å². The van der Waals surface area contributed by atoms with Gasteiger partial charge in [0.15, 0.2) is 0 Å². The van der Waals surface area contributed by atoms with Crippen LogP contribution in [-0.2, 0) is 11.2 Å². The third-order valence-electron chi connectivity index (χ3n) is 4.09. The van der Waals surface area contributed by atoms with E-state index in [0.29, 0.717) is 12.6 Å². The lowest BCUT2D eigenvalue weighted by Crippen LogP contribution is -2.42. The number of nitrogens with zero attached hydrogens (tertiary/aromatic N) is 1. The Morgan fingerprint density at radius 2 is 2.16 bits per heavy atom. The number of hydrogen-bond acceptors (Lipinski definition) is 2. The largest absolute Gasteiger partial charge is 0.339 e. The van der Waals surface area contributed by atoms with Gasteiger partial charge in [-0.05, 0) is 31.2 Å². The third kappa shape index (κ3) is 3.35. The molecule has 0 aromatic heterocycles. The van der Waals surface area contributed by atoms with Crippen LogP contribution in [0.5, 0.6) is 0 Å². The van der Waals surface area contributed by atoms with E-state index in [1.807, 2.05) is 18.2 Å². The minimum Gasteiger partial charge on any atom is -0.339 e. The normalized spacial score (nSPS) is 20.5. The predicted octanol–water partition coefficient (Wildman–Crippen LogP) is 2.21. The molecule has 0 radical (unpaired) electrons. The smallest absolute Gasteiger partial charge is 0.227 e. The summed E-state index contributed by atoms with van der Waals surface area (Å²) in [5.41, 5.74) is 7.02. The van der Waals surface area contributed by atoms with Crippen molar-refractivity contribution < 1.29 is 4.79 Å². The van der Waals surface area contributed by atoms with Crippen molar-refractivity contribution >= 4 is 5.91 Å². The van der Waals surface area contributed by atoms with Gasteiger partial charge in [-0.3, -0.25) is 4.79 Å². The highest BCUT2D eigenvalue weighted by Crippen LogP contribution is 2.23. The van der Waals surface area contributed by atoms with Crippen molar-refractivity contribution in [1.29, 1.82) is 0 Å². The number of carbonyl (C=O) groups is 1.